The minimum atomic E-state index is 0.130. The highest BCUT2D eigenvalue weighted by molar-refractivity contribution is 7.10. The van der Waals surface area contributed by atoms with Gasteiger partial charge in [0.15, 0.2) is 0 Å². The Hall–Kier alpha value is -1.28. The van der Waals surface area contributed by atoms with Gasteiger partial charge in [-0.3, -0.25) is 0 Å². The third kappa shape index (κ3) is 1.15. The molecule has 0 aliphatic carbocycles. The first-order valence-electron chi connectivity index (χ1n) is 5.14. The van der Waals surface area contributed by atoms with Gasteiger partial charge in [-0.15, -0.1) is 11.3 Å². The van der Waals surface area contributed by atoms with E-state index >= 15 is 0 Å². The molecule has 15 heavy (non-hydrogen) atoms. The summed E-state index contributed by atoms with van der Waals surface area (Å²) in [5.74, 6) is 0. The number of thiophene rings is 1. The molecule has 0 spiro atoms. The Bertz CT molecular complexity index is 511. The number of para-hydroxylation sites is 1. The topological polar surface area (TPSA) is 12.0 Å². The fourth-order valence-electron chi connectivity index (χ4n) is 2.30. The molecule has 1 nitrogen and oxygen atoms in total. The Morgan fingerprint density at radius 1 is 1.07 bits per heavy atom. The van der Waals surface area contributed by atoms with E-state index in [1.165, 1.54) is 21.8 Å². The van der Waals surface area contributed by atoms with Crippen LogP contribution in [0.15, 0.2) is 35.7 Å². The SMILES string of the molecule is CC1(C)c2ccccc2Nc2ccsc21. The molecule has 1 aromatic heterocycles. The number of nitrogens with one attached hydrogen (secondary N) is 1. The highest BCUT2D eigenvalue weighted by atomic mass is 32.1. The van der Waals surface area contributed by atoms with Crippen LogP contribution in [0.4, 0.5) is 11.4 Å². The summed E-state index contributed by atoms with van der Waals surface area (Å²) in [6.07, 6.45) is 0. The summed E-state index contributed by atoms with van der Waals surface area (Å²) < 4.78 is 0. The molecular formula is C13H13NS. The molecule has 0 fully saturated rings. The molecule has 0 saturated heterocycles. The smallest absolute Gasteiger partial charge is 0.0534 e. The van der Waals surface area contributed by atoms with Crippen LogP contribution in [-0.4, -0.2) is 0 Å². The molecule has 76 valence electrons. The van der Waals surface area contributed by atoms with E-state index in [1.807, 2.05) is 11.3 Å². The van der Waals surface area contributed by atoms with E-state index in [1.54, 1.807) is 0 Å². The van der Waals surface area contributed by atoms with E-state index in [4.69, 9.17) is 0 Å². The van der Waals surface area contributed by atoms with Crippen LogP contribution in [0.1, 0.15) is 24.3 Å². The monoisotopic (exact) mass is 215 g/mol. The van der Waals surface area contributed by atoms with Gasteiger partial charge in [-0.25, -0.2) is 0 Å². The van der Waals surface area contributed by atoms with Gasteiger partial charge >= 0.3 is 0 Å². The summed E-state index contributed by atoms with van der Waals surface area (Å²) >= 11 is 1.83. The zero-order chi connectivity index (χ0) is 10.5. The van der Waals surface area contributed by atoms with Crippen molar-refractivity contribution in [3.05, 3.63) is 46.2 Å². The van der Waals surface area contributed by atoms with Gasteiger partial charge in [0, 0.05) is 16.0 Å². The van der Waals surface area contributed by atoms with E-state index in [9.17, 15) is 0 Å². The van der Waals surface area contributed by atoms with Crippen LogP contribution in [0.2, 0.25) is 0 Å². The number of fused-ring (bicyclic) bond motifs is 2. The van der Waals surface area contributed by atoms with Crippen LogP contribution < -0.4 is 5.32 Å². The van der Waals surface area contributed by atoms with Gasteiger partial charge in [-0.1, -0.05) is 32.0 Å². The van der Waals surface area contributed by atoms with Crippen LogP contribution in [0.5, 0.6) is 0 Å². The molecule has 2 aromatic rings. The predicted octanol–water partition coefficient (Wildman–Crippen LogP) is 4.13. The van der Waals surface area contributed by atoms with Crippen molar-refractivity contribution in [1.29, 1.82) is 0 Å². The summed E-state index contributed by atoms with van der Waals surface area (Å²) in [5.41, 5.74) is 4.03. The van der Waals surface area contributed by atoms with Gasteiger partial charge < -0.3 is 5.32 Å². The van der Waals surface area contributed by atoms with Crippen LogP contribution in [-0.2, 0) is 5.41 Å². The van der Waals surface area contributed by atoms with Gasteiger partial charge in [0.1, 0.15) is 0 Å². The van der Waals surface area contributed by atoms with E-state index < -0.39 is 0 Å². The van der Waals surface area contributed by atoms with Gasteiger partial charge in [-0.2, -0.15) is 0 Å². The fourth-order valence-corrected chi connectivity index (χ4v) is 3.29. The number of anilines is 2. The van der Waals surface area contributed by atoms with Crippen molar-refractivity contribution in [1.82, 2.24) is 0 Å². The second-order valence-corrected chi connectivity index (χ2v) is 5.38. The van der Waals surface area contributed by atoms with Crippen molar-refractivity contribution >= 4 is 22.7 Å². The fraction of sp³-hybridized carbons (Fsp3) is 0.231. The molecular weight excluding hydrogens is 202 g/mol. The van der Waals surface area contributed by atoms with Gasteiger partial charge in [0.25, 0.3) is 0 Å². The third-order valence-corrected chi connectivity index (χ3v) is 4.34. The maximum absolute atomic E-state index is 3.49. The minimum absolute atomic E-state index is 0.130. The largest absolute Gasteiger partial charge is 0.354 e. The normalized spacial score (nSPS) is 16.4. The number of benzene rings is 1. The van der Waals surface area contributed by atoms with E-state index in [2.05, 4.69) is 54.9 Å². The lowest BCUT2D eigenvalue weighted by atomic mass is 9.79. The Balaban J connectivity index is 2.29. The van der Waals surface area contributed by atoms with Crippen LogP contribution in [0.25, 0.3) is 0 Å². The first-order chi connectivity index (χ1) is 7.19. The molecule has 0 unspecified atom stereocenters. The molecule has 2 heteroatoms. The van der Waals surface area contributed by atoms with Crippen molar-refractivity contribution in [3.63, 3.8) is 0 Å². The Labute approximate surface area is 93.8 Å². The van der Waals surface area contributed by atoms with E-state index in [0.29, 0.717) is 0 Å². The lowest BCUT2D eigenvalue weighted by Gasteiger charge is -2.33. The second kappa shape index (κ2) is 2.86. The molecule has 0 radical (unpaired) electrons. The van der Waals surface area contributed by atoms with Gasteiger partial charge in [0.2, 0.25) is 0 Å². The second-order valence-electron chi connectivity index (χ2n) is 4.46. The Morgan fingerprint density at radius 2 is 1.87 bits per heavy atom. The first-order valence-corrected chi connectivity index (χ1v) is 6.02. The average molecular weight is 215 g/mol. The highest BCUT2D eigenvalue weighted by Crippen LogP contribution is 2.47. The average Bonchev–Trinajstić information content (AvgIpc) is 2.67. The molecule has 1 aliphatic rings. The highest BCUT2D eigenvalue weighted by Gasteiger charge is 2.33. The summed E-state index contributed by atoms with van der Waals surface area (Å²) in [7, 11) is 0. The molecule has 3 rings (SSSR count). The summed E-state index contributed by atoms with van der Waals surface area (Å²) in [4.78, 5) is 1.43. The summed E-state index contributed by atoms with van der Waals surface area (Å²) in [6, 6.07) is 10.7. The van der Waals surface area contributed by atoms with Crippen LogP contribution in [0.3, 0.4) is 0 Å². The van der Waals surface area contributed by atoms with E-state index in [0.717, 1.165) is 0 Å². The van der Waals surface area contributed by atoms with Crippen LogP contribution >= 0.6 is 11.3 Å². The molecule has 1 aromatic carbocycles. The van der Waals surface area contributed by atoms with Crippen molar-refractivity contribution in [2.75, 3.05) is 5.32 Å². The number of hydrogen-bond donors (Lipinski definition) is 1. The lowest BCUT2D eigenvalue weighted by Crippen LogP contribution is -2.23. The van der Waals surface area contributed by atoms with Crippen molar-refractivity contribution < 1.29 is 0 Å². The Morgan fingerprint density at radius 3 is 2.73 bits per heavy atom. The minimum Gasteiger partial charge on any atom is -0.354 e. The predicted molar refractivity (Wildman–Crippen MR) is 66.2 cm³/mol. The number of hydrogen-bond acceptors (Lipinski definition) is 2. The maximum atomic E-state index is 3.49. The zero-order valence-electron chi connectivity index (χ0n) is 8.87. The molecule has 0 bridgehead atoms. The molecule has 2 heterocycles. The first kappa shape index (κ1) is 8.98. The zero-order valence-corrected chi connectivity index (χ0v) is 9.69. The molecule has 0 amide bonds. The summed E-state index contributed by atoms with van der Waals surface area (Å²) in [5, 5.41) is 5.64. The van der Waals surface area contributed by atoms with Gasteiger partial charge in [0.05, 0.1) is 5.69 Å². The lowest BCUT2D eigenvalue weighted by molar-refractivity contribution is 0.653. The molecule has 0 atom stereocenters. The summed E-state index contributed by atoms with van der Waals surface area (Å²) in [6.45, 7) is 4.59. The van der Waals surface area contributed by atoms with Gasteiger partial charge in [-0.05, 0) is 23.1 Å². The quantitative estimate of drug-likeness (QED) is 0.696. The maximum Gasteiger partial charge on any atom is 0.0534 e. The molecule has 0 saturated carbocycles. The van der Waals surface area contributed by atoms with Crippen LogP contribution in [0, 0.1) is 0 Å². The van der Waals surface area contributed by atoms with Crippen molar-refractivity contribution in [2.24, 2.45) is 0 Å². The van der Waals surface area contributed by atoms with Crippen molar-refractivity contribution in [3.8, 4) is 0 Å². The molecule has 1 aliphatic heterocycles. The van der Waals surface area contributed by atoms with Crippen molar-refractivity contribution in [2.45, 2.75) is 19.3 Å². The number of rotatable bonds is 0. The third-order valence-electron chi connectivity index (χ3n) is 3.10. The molecule has 1 N–H and O–H groups in total. The Kier molecular flexibility index (Phi) is 1.71. The van der Waals surface area contributed by atoms with E-state index in [-0.39, 0.29) is 5.41 Å². The standard InChI is InChI=1S/C13H13NS/c1-13(2)9-5-3-4-6-10(9)14-11-7-8-15-12(11)13/h3-8,14H,1-2H3.